The Morgan fingerprint density at radius 1 is 1.38 bits per heavy atom. The summed E-state index contributed by atoms with van der Waals surface area (Å²) in [6, 6.07) is 7.65. The van der Waals surface area contributed by atoms with Crippen molar-refractivity contribution in [2.45, 2.75) is 13.8 Å². The van der Waals surface area contributed by atoms with Crippen LogP contribution in [-0.2, 0) is 9.53 Å². The number of carbonyl (C=O) groups is 1. The Kier molecular flexibility index (Phi) is 7.21. The lowest BCUT2D eigenvalue weighted by Crippen LogP contribution is -2.20. The molecule has 0 fully saturated rings. The van der Waals surface area contributed by atoms with Crippen LogP contribution in [0.3, 0.4) is 0 Å². The molecule has 0 aliphatic carbocycles. The zero-order chi connectivity index (χ0) is 23.4. The maximum absolute atomic E-state index is 12.8. The molecule has 0 amide bonds. The molecule has 32 heavy (non-hydrogen) atoms. The van der Waals surface area contributed by atoms with E-state index in [4.69, 9.17) is 21.1 Å². The smallest absolute Gasteiger partial charge is 0.344 e. The number of nitro benzene ring substituents is 1. The van der Waals surface area contributed by atoms with Crippen LogP contribution in [0.5, 0.6) is 5.75 Å². The predicted molar refractivity (Wildman–Crippen MR) is 122 cm³/mol. The van der Waals surface area contributed by atoms with Crippen LogP contribution >= 0.6 is 27.5 Å². The van der Waals surface area contributed by atoms with E-state index < -0.39 is 28.7 Å². The highest BCUT2D eigenvalue weighted by Crippen LogP contribution is 2.35. The van der Waals surface area contributed by atoms with Crippen molar-refractivity contribution in [2.24, 2.45) is 5.10 Å². The molecule has 0 saturated carbocycles. The second kappa shape index (κ2) is 9.88. The highest BCUT2D eigenvalue weighted by molar-refractivity contribution is 9.10. The summed E-state index contributed by atoms with van der Waals surface area (Å²) in [6.07, 6.45) is 1.24. The van der Waals surface area contributed by atoms with E-state index in [1.807, 2.05) is 0 Å². The highest BCUT2D eigenvalue weighted by Gasteiger charge is 2.21. The lowest BCUT2D eigenvalue weighted by Gasteiger charge is -2.09. The molecule has 0 aliphatic heterocycles. The standard InChI is InChI=1S/C20H16BrClN4O6/c1-3-31-18(27)10-32-19-15(22)6-12(7-17(19)26(29)30)9-23-25-11(2)24-16-5-4-13(21)8-14(16)20(25)28/h4-9H,3,10H2,1-2H3. The normalized spacial score (nSPS) is 11.1. The Bertz CT molecular complexity index is 1310. The van der Waals surface area contributed by atoms with Gasteiger partial charge in [0.15, 0.2) is 6.61 Å². The number of fused-ring (bicyclic) bond motifs is 1. The summed E-state index contributed by atoms with van der Waals surface area (Å²) >= 11 is 9.47. The van der Waals surface area contributed by atoms with Crippen LogP contribution in [-0.4, -0.2) is 40.0 Å². The van der Waals surface area contributed by atoms with E-state index in [9.17, 15) is 19.7 Å². The topological polar surface area (TPSA) is 126 Å². The van der Waals surface area contributed by atoms with Crippen LogP contribution in [0.4, 0.5) is 5.69 Å². The summed E-state index contributed by atoms with van der Waals surface area (Å²) in [5.41, 5.74) is -0.109. The number of esters is 1. The van der Waals surface area contributed by atoms with Crippen LogP contribution in [0.15, 0.2) is 44.7 Å². The maximum atomic E-state index is 12.8. The monoisotopic (exact) mass is 522 g/mol. The van der Waals surface area contributed by atoms with Crippen molar-refractivity contribution >= 4 is 56.3 Å². The highest BCUT2D eigenvalue weighted by atomic mass is 79.9. The SMILES string of the molecule is CCOC(=O)COc1c(Cl)cc(C=Nn2c(C)nc3ccc(Br)cc3c2=O)cc1[N+](=O)[O-]. The molecule has 0 atom stereocenters. The molecule has 0 unspecified atom stereocenters. The van der Waals surface area contributed by atoms with E-state index in [0.29, 0.717) is 21.2 Å². The molecule has 166 valence electrons. The lowest BCUT2D eigenvalue weighted by atomic mass is 10.2. The number of aryl methyl sites for hydroxylation is 1. The van der Waals surface area contributed by atoms with Crippen molar-refractivity contribution in [3.63, 3.8) is 0 Å². The van der Waals surface area contributed by atoms with E-state index in [1.165, 1.54) is 18.3 Å². The fourth-order valence-corrected chi connectivity index (χ4v) is 3.44. The maximum Gasteiger partial charge on any atom is 0.344 e. The fraction of sp³-hybridized carbons (Fsp3) is 0.200. The van der Waals surface area contributed by atoms with Crippen LogP contribution in [0.1, 0.15) is 18.3 Å². The average molecular weight is 524 g/mol. The van der Waals surface area contributed by atoms with E-state index >= 15 is 0 Å². The molecule has 10 nitrogen and oxygen atoms in total. The van der Waals surface area contributed by atoms with Crippen molar-refractivity contribution in [1.82, 2.24) is 9.66 Å². The van der Waals surface area contributed by atoms with Crippen LogP contribution < -0.4 is 10.3 Å². The molecule has 12 heteroatoms. The summed E-state index contributed by atoms with van der Waals surface area (Å²) in [6.45, 7) is 2.85. The molecule has 0 radical (unpaired) electrons. The average Bonchev–Trinajstić information content (AvgIpc) is 2.73. The number of hydrogen-bond acceptors (Lipinski definition) is 8. The molecule has 0 aliphatic rings. The van der Waals surface area contributed by atoms with Gasteiger partial charge in [-0.3, -0.25) is 14.9 Å². The Balaban J connectivity index is 1.98. The van der Waals surface area contributed by atoms with Crippen molar-refractivity contribution in [1.29, 1.82) is 0 Å². The van der Waals surface area contributed by atoms with Crippen molar-refractivity contribution in [3.05, 3.63) is 71.7 Å². The Hall–Kier alpha value is -3.31. The van der Waals surface area contributed by atoms with Gasteiger partial charge >= 0.3 is 11.7 Å². The fourth-order valence-electron chi connectivity index (χ4n) is 2.81. The molecule has 3 aromatic rings. The number of ether oxygens (including phenoxy) is 2. The predicted octanol–water partition coefficient (Wildman–Crippen LogP) is 3.85. The first-order chi connectivity index (χ1) is 15.2. The first-order valence-corrected chi connectivity index (χ1v) is 10.4. The van der Waals surface area contributed by atoms with Crippen molar-refractivity contribution in [2.75, 3.05) is 13.2 Å². The number of aromatic nitrogens is 2. The zero-order valence-corrected chi connectivity index (χ0v) is 19.2. The third kappa shape index (κ3) is 5.11. The lowest BCUT2D eigenvalue weighted by molar-refractivity contribution is -0.385. The van der Waals surface area contributed by atoms with E-state index in [-0.39, 0.29) is 22.9 Å². The van der Waals surface area contributed by atoms with Gasteiger partial charge in [-0.1, -0.05) is 27.5 Å². The molecule has 3 rings (SSSR count). The summed E-state index contributed by atoms with van der Waals surface area (Å²) in [5, 5.41) is 15.9. The van der Waals surface area contributed by atoms with Gasteiger partial charge in [0.2, 0.25) is 5.75 Å². The minimum atomic E-state index is -0.698. The van der Waals surface area contributed by atoms with Gasteiger partial charge in [0.25, 0.3) is 5.56 Å². The quantitative estimate of drug-likeness (QED) is 0.199. The minimum absolute atomic E-state index is 0.102. The number of benzene rings is 2. The summed E-state index contributed by atoms with van der Waals surface area (Å²) in [4.78, 5) is 39.5. The molecular weight excluding hydrogens is 508 g/mol. The van der Waals surface area contributed by atoms with Crippen molar-refractivity contribution in [3.8, 4) is 5.75 Å². The van der Waals surface area contributed by atoms with Crippen LogP contribution in [0.2, 0.25) is 5.02 Å². The Morgan fingerprint density at radius 3 is 2.81 bits per heavy atom. The van der Waals surface area contributed by atoms with Crippen molar-refractivity contribution < 1.29 is 19.2 Å². The van der Waals surface area contributed by atoms with Crippen LogP contribution in [0, 0.1) is 17.0 Å². The number of nitro groups is 1. The van der Waals surface area contributed by atoms with Gasteiger partial charge in [-0.15, -0.1) is 0 Å². The number of nitrogens with zero attached hydrogens (tertiary/aromatic N) is 4. The van der Waals surface area contributed by atoms with Gasteiger partial charge in [0.05, 0.1) is 33.7 Å². The van der Waals surface area contributed by atoms with Gasteiger partial charge in [-0.05, 0) is 38.1 Å². The summed E-state index contributed by atoms with van der Waals surface area (Å²) in [5.74, 6) is -0.628. The molecule has 0 saturated heterocycles. The van der Waals surface area contributed by atoms with Gasteiger partial charge in [0, 0.05) is 16.1 Å². The Labute approximate surface area is 194 Å². The van der Waals surface area contributed by atoms with Gasteiger partial charge < -0.3 is 9.47 Å². The first kappa shape index (κ1) is 23.4. The van der Waals surface area contributed by atoms with Gasteiger partial charge in [-0.25, -0.2) is 9.78 Å². The molecule has 1 aromatic heterocycles. The molecular formula is C20H16BrClN4O6. The summed E-state index contributed by atoms with van der Waals surface area (Å²) in [7, 11) is 0. The number of hydrogen-bond donors (Lipinski definition) is 0. The molecule has 2 aromatic carbocycles. The second-order valence-corrected chi connectivity index (χ2v) is 7.71. The third-order valence-electron chi connectivity index (χ3n) is 4.18. The minimum Gasteiger partial charge on any atom is -0.474 e. The van der Waals surface area contributed by atoms with E-state index in [1.54, 1.807) is 32.0 Å². The number of carbonyl (C=O) groups excluding carboxylic acids is 1. The molecule has 0 bridgehead atoms. The Morgan fingerprint density at radius 2 is 2.12 bits per heavy atom. The van der Waals surface area contributed by atoms with Gasteiger partial charge in [0.1, 0.15) is 5.82 Å². The number of halogens is 2. The second-order valence-electron chi connectivity index (χ2n) is 6.38. The largest absolute Gasteiger partial charge is 0.474 e. The summed E-state index contributed by atoms with van der Waals surface area (Å²) < 4.78 is 11.7. The van der Waals surface area contributed by atoms with E-state index in [0.717, 1.165) is 4.68 Å². The third-order valence-corrected chi connectivity index (χ3v) is 4.95. The van der Waals surface area contributed by atoms with Crippen LogP contribution in [0.25, 0.3) is 10.9 Å². The molecule has 0 spiro atoms. The van der Waals surface area contributed by atoms with E-state index in [2.05, 4.69) is 26.0 Å². The first-order valence-electron chi connectivity index (χ1n) is 9.21. The molecule has 1 heterocycles. The number of rotatable bonds is 7. The zero-order valence-electron chi connectivity index (χ0n) is 16.9. The van der Waals surface area contributed by atoms with Gasteiger partial charge in [-0.2, -0.15) is 9.78 Å². The molecule has 0 N–H and O–H groups in total.